The van der Waals surface area contributed by atoms with Gasteiger partial charge in [0.05, 0.1) is 12.6 Å². The van der Waals surface area contributed by atoms with Gasteiger partial charge in [0.25, 0.3) is 11.8 Å². The van der Waals surface area contributed by atoms with E-state index in [0.717, 1.165) is 5.56 Å². The highest BCUT2D eigenvalue weighted by molar-refractivity contribution is 9.10. The van der Waals surface area contributed by atoms with Crippen LogP contribution in [-0.4, -0.2) is 35.9 Å². The molecule has 2 unspecified atom stereocenters. The number of benzene rings is 2. The third-order valence-corrected chi connectivity index (χ3v) is 5.31. The summed E-state index contributed by atoms with van der Waals surface area (Å²) in [7, 11) is 0. The van der Waals surface area contributed by atoms with E-state index in [-0.39, 0.29) is 29.8 Å². The predicted octanol–water partition coefficient (Wildman–Crippen LogP) is 4.90. The van der Waals surface area contributed by atoms with Gasteiger partial charge >= 0.3 is 0 Å². The van der Waals surface area contributed by atoms with Crippen LogP contribution in [0.1, 0.15) is 39.5 Å². The summed E-state index contributed by atoms with van der Waals surface area (Å²) in [4.78, 5) is 27.3. The number of hydrogen-bond donors (Lipinski definition) is 1. The second kappa shape index (κ2) is 8.85. The first-order valence-electron chi connectivity index (χ1n) is 9.66. The van der Waals surface area contributed by atoms with E-state index >= 15 is 0 Å². The molecule has 1 saturated heterocycles. The number of carbonyl (C=O) groups excluding carboxylic acids is 2. The molecule has 0 radical (unpaired) electrons. The Balaban J connectivity index is 1.49. The fourth-order valence-corrected chi connectivity index (χ4v) is 3.82. The van der Waals surface area contributed by atoms with Gasteiger partial charge in [0.1, 0.15) is 6.10 Å². The lowest BCUT2D eigenvalue weighted by atomic mass is 10.1. The smallest absolute Gasteiger partial charge is 0.291 e. The number of anilines is 1. The normalized spacial score (nSPS) is 18.8. The van der Waals surface area contributed by atoms with Crippen LogP contribution in [0.5, 0.6) is 0 Å². The molecule has 1 aliphatic rings. The van der Waals surface area contributed by atoms with Crippen LogP contribution in [0.15, 0.2) is 75.8 Å². The Morgan fingerprint density at radius 3 is 2.57 bits per heavy atom. The summed E-state index contributed by atoms with van der Waals surface area (Å²) in [6.07, 6.45) is -0.243. The van der Waals surface area contributed by atoms with E-state index in [4.69, 9.17) is 9.15 Å². The molecule has 154 valence electrons. The number of carbonyl (C=O) groups is 2. The summed E-state index contributed by atoms with van der Waals surface area (Å²) < 4.78 is 11.8. The molecule has 0 saturated carbocycles. The molecule has 0 spiro atoms. The minimum atomic E-state index is -0.380. The lowest BCUT2D eigenvalue weighted by Crippen LogP contribution is -2.46. The minimum absolute atomic E-state index is 0.0757. The molecule has 4 rings (SSSR count). The van der Waals surface area contributed by atoms with Gasteiger partial charge in [-0.05, 0) is 58.7 Å². The predicted molar refractivity (Wildman–Crippen MR) is 116 cm³/mol. The fraction of sp³-hybridized carbons (Fsp3) is 0.217. The standard InChI is InChI=1S/C23H21BrN2O4/c1-15-13-26(14-20(29-15)16-6-3-2-4-7-16)23(28)17-8-5-9-18(12-17)25-22(27)19-10-11-21(24)30-19/h2-12,15,20H,13-14H2,1H3,(H,25,27). The quantitative estimate of drug-likeness (QED) is 0.591. The number of ether oxygens (including phenoxy) is 1. The molecule has 30 heavy (non-hydrogen) atoms. The Morgan fingerprint density at radius 1 is 1.03 bits per heavy atom. The maximum absolute atomic E-state index is 13.2. The van der Waals surface area contributed by atoms with Crippen LogP contribution in [0.25, 0.3) is 0 Å². The van der Waals surface area contributed by atoms with Crippen molar-refractivity contribution in [1.29, 1.82) is 0 Å². The third-order valence-electron chi connectivity index (χ3n) is 4.88. The molecule has 6 nitrogen and oxygen atoms in total. The SMILES string of the molecule is CC1CN(C(=O)c2cccc(NC(=O)c3ccc(Br)o3)c2)CC(c2ccccc2)O1. The molecule has 1 aromatic heterocycles. The summed E-state index contributed by atoms with van der Waals surface area (Å²) in [6.45, 7) is 2.96. The first-order chi connectivity index (χ1) is 14.5. The molecule has 2 amide bonds. The summed E-state index contributed by atoms with van der Waals surface area (Å²) in [5.41, 5.74) is 2.08. The molecular formula is C23H21BrN2O4. The van der Waals surface area contributed by atoms with Crippen molar-refractivity contribution in [3.8, 4) is 0 Å². The Hall–Kier alpha value is -2.90. The molecule has 1 N–H and O–H groups in total. The van der Waals surface area contributed by atoms with Crippen LogP contribution in [0.3, 0.4) is 0 Å². The largest absolute Gasteiger partial charge is 0.444 e. The molecule has 2 aromatic carbocycles. The van der Waals surface area contributed by atoms with Crippen LogP contribution in [0.2, 0.25) is 0 Å². The van der Waals surface area contributed by atoms with E-state index in [1.807, 2.05) is 37.3 Å². The average molecular weight is 469 g/mol. The van der Waals surface area contributed by atoms with E-state index in [1.54, 1.807) is 41.3 Å². The van der Waals surface area contributed by atoms with E-state index < -0.39 is 0 Å². The number of morpholine rings is 1. The zero-order valence-corrected chi connectivity index (χ0v) is 18.0. The maximum Gasteiger partial charge on any atom is 0.291 e. The lowest BCUT2D eigenvalue weighted by molar-refractivity contribution is -0.0691. The highest BCUT2D eigenvalue weighted by Gasteiger charge is 2.30. The van der Waals surface area contributed by atoms with Crippen molar-refractivity contribution in [2.75, 3.05) is 18.4 Å². The minimum Gasteiger partial charge on any atom is -0.444 e. The van der Waals surface area contributed by atoms with Gasteiger partial charge in [0, 0.05) is 17.8 Å². The van der Waals surface area contributed by atoms with Gasteiger partial charge < -0.3 is 19.4 Å². The zero-order valence-electron chi connectivity index (χ0n) is 16.4. The monoisotopic (exact) mass is 468 g/mol. The van der Waals surface area contributed by atoms with E-state index in [9.17, 15) is 9.59 Å². The van der Waals surface area contributed by atoms with Crippen LogP contribution in [0, 0.1) is 0 Å². The number of rotatable bonds is 4. The summed E-state index contributed by atoms with van der Waals surface area (Å²) in [6, 6.07) is 20.0. The van der Waals surface area contributed by atoms with Crippen molar-refractivity contribution in [2.24, 2.45) is 0 Å². The molecule has 7 heteroatoms. The second-order valence-electron chi connectivity index (χ2n) is 7.19. The third kappa shape index (κ3) is 4.63. The Bertz CT molecular complexity index is 1050. The van der Waals surface area contributed by atoms with Crippen molar-refractivity contribution >= 4 is 33.4 Å². The van der Waals surface area contributed by atoms with E-state index in [0.29, 0.717) is 29.0 Å². The maximum atomic E-state index is 13.2. The number of halogens is 1. The summed E-state index contributed by atoms with van der Waals surface area (Å²) >= 11 is 3.18. The highest BCUT2D eigenvalue weighted by Crippen LogP contribution is 2.26. The van der Waals surface area contributed by atoms with Crippen molar-refractivity contribution < 1.29 is 18.7 Å². The van der Waals surface area contributed by atoms with Crippen molar-refractivity contribution in [3.63, 3.8) is 0 Å². The molecule has 1 aliphatic heterocycles. The van der Waals surface area contributed by atoms with Crippen LogP contribution >= 0.6 is 15.9 Å². The average Bonchev–Trinajstić information content (AvgIpc) is 3.20. The molecule has 3 aromatic rings. The molecule has 2 atom stereocenters. The Morgan fingerprint density at radius 2 is 1.83 bits per heavy atom. The number of furan rings is 1. The summed E-state index contributed by atoms with van der Waals surface area (Å²) in [5, 5.41) is 2.76. The van der Waals surface area contributed by atoms with Crippen LogP contribution in [-0.2, 0) is 4.74 Å². The Labute approximate surface area is 183 Å². The van der Waals surface area contributed by atoms with Gasteiger partial charge in [0.15, 0.2) is 10.4 Å². The molecule has 1 fully saturated rings. The van der Waals surface area contributed by atoms with E-state index in [1.165, 1.54) is 0 Å². The first-order valence-corrected chi connectivity index (χ1v) is 10.5. The second-order valence-corrected chi connectivity index (χ2v) is 7.98. The summed E-state index contributed by atoms with van der Waals surface area (Å²) in [5.74, 6) is -0.288. The number of hydrogen-bond acceptors (Lipinski definition) is 4. The molecule has 2 heterocycles. The van der Waals surface area contributed by atoms with Gasteiger partial charge in [-0.1, -0.05) is 36.4 Å². The molecule has 0 aliphatic carbocycles. The number of nitrogens with zero attached hydrogens (tertiary/aromatic N) is 1. The lowest BCUT2D eigenvalue weighted by Gasteiger charge is -2.37. The molecule has 0 bridgehead atoms. The van der Waals surface area contributed by atoms with E-state index in [2.05, 4.69) is 21.2 Å². The first kappa shape index (κ1) is 20.4. The zero-order chi connectivity index (χ0) is 21.1. The van der Waals surface area contributed by atoms with Crippen molar-refractivity contribution in [3.05, 3.63) is 88.3 Å². The highest BCUT2D eigenvalue weighted by atomic mass is 79.9. The van der Waals surface area contributed by atoms with Gasteiger partial charge in [0.2, 0.25) is 0 Å². The fourth-order valence-electron chi connectivity index (χ4n) is 3.51. The van der Waals surface area contributed by atoms with Crippen molar-refractivity contribution in [2.45, 2.75) is 19.1 Å². The van der Waals surface area contributed by atoms with Crippen molar-refractivity contribution in [1.82, 2.24) is 4.90 Å². The van der Waals surface area contributed by atoms with Gasteiger partial charge in [-0.3, -0.25) is 9.59 Å². The van der Waals surface area contributed by atoms with Gasteiger partial charge in [-0.15, -0.1) is 0 Å². The van der Waals surface area contributed by atoms with Crippen LogP contribution in [0.4, 0.5) is 5.69 Å². The van der Waals surface area contributed by atoms with Crippen LogP contribution < -0.4 is 5.32 Å². The topological polar surface area (TPSA) is 71.8 Å². The molecular weight excluding hydrogens is 448 g/mol. The van der Waals surface area contributed by atoms with Gasteiger partial charge in [-0.2, -0.15) is 0 Å². The van der Waals surface area contributed by atoms with Gasteiger partial charge in [-0.25, -0.2) is 0 Å². The Kier molecular flexibility index (Phi) is 6.01. The number of nitrogens with one attached hydrogen (secondary N) is 1. The number of amides is 2.